The molecule has 2 N–H and O–H groups in total. The Morgan fingerprint density at radius 1 is 1.50 bits per heavy atom. The molecule has 0 spiro atoms. The lowest BCUT2D eigenvalue weighted by atomic mass is 10.1. The molecule has 3 nitrogen and oxygen atoms in total. The first-order chi connectivity index (χ1) is 8.58. The van der Waals surface area contributed by atoms with Crippen molar-refractivity contribution in [1.82, 2.24) is 0 Å². The van der Waals surface area contributed by atoms with Crippen LogP contribution in [0.3, 0.4) is 0 Å². The van der Waals surface area contributed by atoms with Crippen molar-refractivity contribution in [3.8, 4) is 0 Å². The fraction of sp³-hybridized carbons (Fsp3) is 0.571. The highest BCUT2D eigenvalue weighted by Gasteiger charge is 2.17. The number of benzene rings is 1. The van der Waals surface area contributed by atoms with Gasteiger partial charge in [0.05, 0.1) is 11.8 Å². The van der Waals surface area contributed by atoms with E-state index in [1.807, 2.05) is 6.92 Å². The summed E-state index contributed by atoms with van der Waals surface area (Å²) < 4.78 is 6.80. The van der Waals surface area contributed by atoms with Gasteiger partial charge in [-0.1, -0.05) is 6.07 Å². The van der Waals surface area contributed by atoms with E-state index in [0.717, 1.165) is 36.2 Å². The molecule has 0 saturated carbocycles. The Morgan fingerprint density at radius 3 is 2.94 bits per heavy atom. The summed E-state index contributed by atoms with van der Waals surface area (Å²) in [5, 5.41) is 0. The van der Waals surface area contributed by atoms with E-state index < -0.39 is 0 Å². The third kappa shape index (κ3) is 3.25. The van der Waals surface area contributed by atoms with Crippen LogP contribution in [0.25, 0.3) is 0 Å². The number of nitrogens with two attached hydrogens (primary N) is 1. The topological polar surface area (TPSA) is 38.5 Å². The van der Waals surface area contributed by atoms with Gasteiger partial charge in [0, 0.05) is 30.2 Å². The fourth-order valence-electron chi connectivity index (χ4n) is 2.28. The maximum atomic E-state index is 5.90. The highest BCUT2D eigenvalue weighted by molar-refractivity contribution is 9.10. The van der Waals surface area contributed by atoms with Crippen molar-refractivity contribution in [2.45, 2.75) is 32.4 Å². The first-order valence-electron chi connectivity index (χ1n) is 6.49. The summed E-state index contributed by atoms with van der Waals surface area (Å²) in [6.45, 7) is 6.97. The summed E-state index contributed by atoms with van der Waals surface area (Å²) in [7, 11) is 0. The molecule has 1 heterocycles. The van der Waals surface area contributed by atoms with Crippen molar-refractivity contribution in [1.29, 1.82) is 0 Å². The Balaban J connectivity index is 2.21. The van der Waals surface area contributed by atoms with Crippen LogP contribution < -0.4 is 10.6 Å². The monoisotopic (exact) mass is 312 g/mol. The predicted octanol–water partition coefficient (Wildman–Crippen LogP) is 3.08. The molecule has 0 aromatic heterocycles. The standard InChI is InChI=1S/C14H21BrN2O/c1-10-9-17(6-3-7-18-10)14-5-4-12(11(2)16)8-13(14)15/h4-5,8,10-11H,3,6-7,9,16H2,1-2H3. The van der Waals surface area contributed by atoms with Gasteiger partial charge in [0.1, 0.15) is 0 Å². The van der Waals surface area contributed by atoms with Gasteiger partial charge in [0.15, 0.2) is 0 Å². The third-order valence-electron chi connectivity index (χ3n) is 3.29. The van der Waals surface area contributed by atoms with Gasteiger partial charge in [-0.3, -0.25) is 0 Å². The van der Waals surface area contributed by atoms with E-state index in [0.29, 0.717) is 0 Å². The SMILES string of the molecule is CC1CN(c2ccc(C(C)N)cc2Br)CCCO1. The molecular weight excluding hydrogens is 292 g/mol. The molecule has 1 aromatic carbocycles. The molecule has 2 rings (SSSR count). The quantitative estimate of drug-likeness (QED) is 0.912. The van der Waals surface area contributed by atoms with E-state index >= 15 is 0 Å². The Kier molecular flexibility index (Phi) is 4.65. The molecule has 1 aliphatic rings. The maximum absolute atomic E-state index is 5.90. The Morgan fingerprint density at radius 2 is 2.28 bits per heavy atom. The average molecular weight is 313 g/mol. The molecule has 1 saturated heterocycles. The normalized spacial score (nSPS) is 22.7. The zero-order valence-electron chi connectivity index (χ0n) is 11.0. The molecule has 0 aliphatic carbocycles. The third-order valence-corrected chi connectivity index (χ3v) is 3.93. The fourth-order valence-corrected chi connectivity index (χ4v) is 2.92. The number of hydrogen-bond acceptors (Lipinski definition) is 3. The van der Waals surface area contributed by atoms with Gasteiger partial charge in [-0.05, 0) is 53.9 Å². The molecule has 18 heavy (non-hydrogen) atoms. The van der Waals surface area contributed by atoms with Crippen molar-refractivity contribution in [2.75, 3.05) is 24.6 Å². The second kappa shape index (κ2) is 6.04. The van der Waals surface area contributed by atoms with Gasteiger partial charge in [-0.15, -0.1) is 0 Å². The van der Waals surface area contributed by atoms with E-state index in [1.54, 1.807) is 0 Å². The van der Waals surface area contributed by atoms with Crippen LogP contribution in [0.1, 0.15) is 31.9 Å². The highest BCUT2D eigenvalue weighted by atomic mass is 79.9. The Hall–Kier alpha value is -0.580. The summed E-state index contributed by atoms with van der Waals surface area (Å²) >= 11 is 3.66. The lowest BCUT2D eigenvalue weighted by Crippen LogP contribution is -2.30. The van der Waals surface area contributed by atoms with Crippen LogP contribution in [0.2, 0.25) is 0 Å². The summed E-state index contributed by atoms with van der Waals surface area (Å²) in [5.41, 5.74) is 8.29. The van der Waals surface area contributed by atoms with Crippen LogP contribution in [0, 0.1) is 0 Å². The summed E-state index contributed by atoms with van der Waals surface area (Å²) in [6.07, 6.45) is 1.36. The lowest BCUT2D eigenvalue weighted by Gasteiger charge is -2.26. The molecule has 100 valence electrons. The van der Waals surface area contributed by atoms with Crippen LogP contribution in [0.15, 0.2) is 22.7 Å². The molecule has 2 atom stereocenters. The van der Waals surface area contributed by atoms with Gasteiger partial charge in [0.2, 0.25) is 0 Å². The summed E-state index contributed by atoms with van der Waals surface area (Å²) in [5.74, 6) is 0. The Bertz CT molecular complexity index is 409. The minimum Gasteiger partial charge on any atom is -0.377 e. The minimum absolute atomic E-state index is 0.0711. The highest BCUT2D eigenvalue weighted by Crippen LogP contribution is 2.30. The van der Waals surface area contributed by atoms with Gasteiger partial charge < -0.3 is 15.4 Å². The van der Waals surface area contributed by atoms with E-state index in [1.165, 1.54) is 5.69 Å². The number of ether oxygens (including phenoxy) is 1. The van der Waals surface area contributed by atoms with Crippen molar-refractivity contribution < 1.29 is 4.74 Å². The van der Waals surface area contributed by atoms with Gasteiger partial charge in [-0.25, -0.2) is 0 Å². The molecule has 0 bridgehead atoms. The van der Waals surface area contributed by atoms with Crippen molar-refractivity contribution in [3.63, 3.8) is 0 Å². The summed E-state index contributed by atoms with van der Waals surface area (Å²) in [4.78, 5) is 2.38. The minimum atomic E-state index is 0.0711. The molecule has 0 amide bonds. The zero-order valence-corrected chi connectivity index (χ0v) is 12.6. The van der Waals surface area contributed by atoms with Crippen LogP contribution in [0.5, 0.6) is 0 Å². The molecular formula is C14H21BrN2O. The number of halogens is 1. The molecule has 1 aliphatic heterocycles. The smallest absolute Gasteiger partial charge is 0.0721 e. The first-order valence-corrected chi connectivity index (χ1v) is 7.29. The number of rotatable bonds is 2. The van der Waals surface area contributed by atoms with Crippen LogP contribution in [-0.4, -0.2) is 25.8 Å². The van der Waals surface area contributed by atoms with Gasteiger partial charge >= 0.3 is 0 Å². The van der Waals surface area contributed by atoms with Crippen molar-refractivity contribution in [2.24, 2.45) is 5.73 Å². The maximum Gasteiger partial charge on any atom is 0.0721 e. The second-order valence-corrected chi connectivity index (χ2v) is 5.83. The predicted molar refractivity (Wildman–Crippen MR) is 79.0 cm³/mol. The molecule has 4 heteroatoms. The van der Waals surface area contributed by atoms with E-state index in [-0.39, 0.29) is 12.1 Å². The molecule has 2 unspecified atom stereocenters. The molecule has 1 fully saturated rings. The van der Waals surface area contributed by atoms with Crippen molar-refractivity contribution >= 4 is 21.6 Å². The largest absolute Gasteiger partial charge is 0.377 e. The zero-order chi connectivity index (χ0) is 13.1. The van der Waals surface area contributed by atoms with Crippen LogP contribution in [-0.2, 0) is 4.74 Å². The first kappa shape index (κ1) is 13.8. The Labute approximate surface area is 117 Å². The molecule has 1 aromatic rings. The van der Waals surface area contributed by atoms with Gasteiger partial charge in [0.25, 0.3) is 0 Å². The van der Waals surface area contributed by atoms with Crippen molar-refractivity contribution in [3.05, 3.63) is 28.2 Å². The van der Waals surface area contributed by atoms with E-state index in [2.05, 4.69) is 46.0 Å². The number of nitrogens with zero attached hydrogens (tertiary/aromatic N) is 1. The number of anilines is 1. The second-order valence-electron chi connectivity index (χ2n) is 4.98. The average Bonchev–Trinajstić information content (AvgIpc) is 2.53. The van der Waals surface area contributed by atoms with Crippen LogP contribution >= 0.6 is 15.9 Å². The lowest BCUT2D eigenvalue weighted by molar-refractivity contribution is 0.0821. The van der Waals surface area contributed by atoms with E-state index in [9.17, 15) is 0 Å². The van der Waals surface area contributed by atoms with Gasteiger partial charge in [-0.2, -0.15) is 0 Å². The number of hydrogen-bond donors (Lipinski definition) is 1. The summed E-state index contributed by atoms with van der Waals surface area (Å²) in [6, 6.07) is 6.46. The van der Waals surface area contributed by atoms with E-state index in [4.69, 9.17) is 10.5 Å². The van der Waals surface area contributed by atoms with Crippen LogP contribution in [0.4, 0.5) is 5.69 Å². The molecule has 0 radical (unpaired) electrons.